The van der Waals surface area contributed by atoms with Crippen molar-refractivity contribution < 1.29 is 24.2 Å². The first-order valence-corrected chi connectivity index (χ1v) is 7.77. The molecule has 1 atom stereocenters. The van der Waals surface area contributed by atoms with Gasteiger partial charge < -0.3 is 25.6 Å². The molecule has 1 heterocycles. The maximum Gasteiger partial charge on any atom is 0.320 e. The molecule has 7 heteroatoms. The van der Waals surface area contributed by atoms with Crippen LogP contribution in [0.25, 0.3) is 0 Å². The first-order chi connectivity index (χ1) is 12.0. The predicted octanol–water partition coefficient (Wildman–Crippen LogP) is 1.30. The number of aliphatic carboxylic acids is 1. The van der Waals surface area contributed by atoms with E-state index < -0.39 is 12.0 Å². The number of carboxylic acids is 1. The summed E-state index contributed by atoms with van der Waals surface area (Å²) in [4.78, 5) is 23.0. The van der Waals surface area contributed by atoms with Gasteiger partial charge in [-0.3, -0.25) is 9.59 Å². The minimum atomic E-state index is -1.03. The molecule has 0 saturated carbocycles. The van der Waals surface area contributed by atoms with Crippen molar-refractivity contribution in [1.82, 2.24) is 5.32 Å². The van der Waals surface area contributed by atoms with Crippen LogP contribution in [0.3, 0.4) is 0 Å². The normalized spacial score (nSPS) is 13.3. The highest BCUT2D eigenvalue weighted by molar-refractivity contribution is 5.94. The number of benzene rings is 2. The zero-order chi connectivity index (χ0) is 17.8. The van der Waals surface area contributed by atoms with Crippen molar-refractivity contribution in [1.29, 1.82) is 0 Å². The summed E-state index contributed by atoms with van der Waals surface area (Å²) in [5.74, 6) is -0.0474. The lowest BCUT2D eigenvalue weighted by Gasteiger charge is -2.09. The number of carboxylic acid groups (broad SMARTS) is 1. The summed E-state index contributed by atoms with van der Waals surface area (Å²) in [7, 11) is 0. The summed E-state index contributed by atoms with van der Waals surface area (Å²) in [5.41, 5.74) is 7.74. The van der Waals surface area contributed by atoms with Crippen LogP contribution < -0.4 is 20.5 Å². The monoisotopic (exact) mass is 342 g/mol. The molecule has 7 nitrogen and oxygen atoms in total. The van der Waals surface area contributed by atoms with Crippen molar-refractivity contribution in [2.24, 2.45) is 5.73 Å². The maximum atomic E-state index is 12.2. The molecule has 1 amide bonds. The van der Waals surface area contributed by atoms with Crippen molar-refractivity contribution in [3.63, 3.8) is 0 Å². The molecule has 0 radical (unpaired) electrons. The van der Waals surface area contributed by atoms with Crippen molar-refractivity contribution in [2.45, 2.75) is 19.0 Å². The van der Waals surface area contributed by atoms with Crippen LogP contribution in [0.1, 0.15) is 21.5 Å². The Kier molecular flexibility index (Phi) is 4.85. The largest absolute Gasteiger partial charge is 0.480 e. The van der Waals surface area contributed by atoms with Crippen molar-refractivity contribution in [2.75, 3.05) is 6.79 Å². The first-order valence-electron chi connectivity index (χ1n) is 7.77. The first kappa shape index (κ1) is 16.8. The topological polar surface area (TPSA) is 111 Å². The molecule has 130 valence electrons. The average molecular weight is 342 g/mol. The van der Waals surface area contributed by atoms with E-state index in [9.17, 15) is 9.59 Å². The summed E-state index contributed by atoms with van der Waals surface area (Å²) >= 11 is 0. The molecule has 4 N–H and O–H groups in total. The van der Waals surface area contributed by atoms with Gasteiger partial charge in [-0.1, -0.05) is 24.3 Å². The molecule has 0 unspecified atom stereocenters. The van der Waals surface area contributed by atoms with E-state index in [0.29, 0.717) is 23.6 Å². The van der Waals surface area contributed by atoms with E-state index in [1.807, 2.05) is 24.3 Å². The van der Waals surface area contributed by atoms with Gasteiger partial charge in [-0.2, -0.15) is 0 Å². The molecule has 1 aliphatic rings. The van der Waals surface area contributed by atoms with Gasteiger partial charge in [-0.25, -0.2) is 0 Å². The molecule has 25 heavy (non-hydrogen) atoms. The van der Waals surface area contributed by atoms with Crippen LogP contribution in [0.15, 0.2) is 42.5 Å². The zero-order valence-electron chi connectivity index (χ0n) is 13.4. The molecule has 0 aromatic heterocycles. The predicted molar refractivity (Wildman–Crippen MR) is 89.5 cm³/mol. The minimum Gasteiger partial charge on any atom is -0.480 e. The SMILES string of the molecule is N[C@@H](Cc1ccc(CNC(=O)c2ccc3c(c2)OCO3)cc1)C(=O)O. The summed E-state index contributed by atoms with van der Waals surface area (Å²) in [6.45, 7) is 0.525. The van der Waals surface area contributed by atoms with Gasteiger partial charge in [0, 0.05) is 12.1 Å². The van der Waals surface area contributed by atoms with E-state index in [2.05, 4.69) is 5.32 Å². The number of carbonyl (C=O) groups excluding carboxylic acids is 1. The molecule has 0 fully saturated rings. The Bertz CT molecular complexity index is 789. The number of hydrogen-bond acceptors (Lipinski definition) is 5. The number of carbonyl (C=O) groups is 2. The van der Waals surface area contributed by atoms with Crippen LogP contribution in [0.2, 0.25) is 0 Å². The Morgan fingerprint density at radius 3 is 2.48 bits per heavy atom. The number of fused-ring (bicyclic) bond motifs is 1. The van der Waals surface area contributed by atoms with E-state index in [-0.39, 0.29) is 19.1 Å². The third-order valence-electron chi connectivity index (χ3n) is 3.88. The van der Waals surface area contributed by atoms with E-state index in [1.165, 1.54) is 0 Å². The third-order valence-corrected chi connectivity index (χ3v) is 3.88. The smallest absolute Gasteiger partial charge is 0.320 e. The molecular formula is C18H18N2O5. The fourth-order valence-corrected chi connectivity index (χ4v) is 2.46. The van der Waals surface area contributed by atoms with Gasteiger partial charge in [0.05, 0.1) is 0 Å². The highest BCUT2D eigenvalue weighted by Crippen LogP contribution is 2.32. The molecule has 2 aromatic rings. The van der Waals surface area contributed by atoms with Crippen LogP contribution >= 0.6 is 0 Å². The molecular weight excluding hydrogens is 324 g/mol. The van der Waals surface area contributed by atoms with Gasteiger partial charge in [0.15, 0.2) is 11.5 Å². The Hall–Kier alpha value is -3.06. The highest BCUT2D eigenvalue weighted by atomic mass is 16.7. The van der Waals surface area contributed by atoms with Crippen LogP contribution in [0, 0.1) is 0 Å². The number of rotatable bonds is 6. The van der Waals surface area contributed by atoms with Gasteiger partial charge >= 0.3 is 5.97 Å². The average Bonchev–Trinajstić information content (AvgIpc) is 3.08. The summed E-state index contributed by atoms with van der Waals surface area (Å²) < 4.78 is 10.5. The molecule has 0 aliphatic carbocycles. The Labute approximate surface area is 144 Å². The van der Waals surface area contributed by atoms with Gasteiger partial charge in [0.25, 0.3) is 5.91 Å². The minimum absolute atomic E-state index is 0.165. The number of amides is 1. The number of ether oxygens (including phenoxy) is 2. The second-order valence-corrected chi connectivity index (χ2v) is 5.72. The zero-order valence-corrected chi connectivity index (χ0v) is 13.4. The Balaban J connectivity index is 1.56. The van der Waals surface area contributed by atoms with Crippen LogP contribution in [0.4, 0.5) is 0 Å². The standard InChI is InChI=1S/C18H18N2O5/c19-14(18(22)23)7-11-1-3-12(4-2-11)9-20-17(21)13-5-6-15-16(8-13)25-10-24-15/h1-6,8,14H,7,9-10,19H2,(H,20,21)(H,22,23)/t14-/m0/s1. The number of nitrogens with two attached hydrogens (primary N) is 1. The van der Waals surface area contributed by atoms with E-state index in [4.69, 9.17) is 20.3 Å². The van der Waals surface area contributed by atoms with Gasteiger partial charge in [-0.05, 0) is 35.7 Å². The summed E-state index contributed by atoms with van der Waals surface area (Å²) in [5, 5.41) is 11.7. The molecule has 3 rings (SSSR count). The lowest BCUT2D eigenvalue weighted by molar-refractivity contribution is -0.138. The van der Waals surface area contributed by atoms with E-state index >= 15 is 0 Å². The molecule has 1 aliphatic heterocycles. The van der Waals surface area contributed by atoms with Gasteiger partial charge in [0.1, 0.15) is 6.04 Å². The lowest BCUT2D eigenvalue weighted by Crippen LogP contribution is -2.32. The van der Waals surface area contributed by atoms with Crippen LogP contribution in [0.5, 0.6) is 11.5 Å². The highest BCUT2D eigenvalue weighted by Gasteiger charge is 2.16. The van der Waals surface area contributed by atoms with E-state index in [0.717, 1.165) is 11.1 Å². The maximum absolute atomic E-state index is 12.2. The van der Waals surface area contributed by atoms with Crippen LogP contribution in [-0.2, 0) is 17.8 Å². The lowest BCUT2D eigenvalue weighted by atomic mass is 10.0. The van der Waals surface area contributed by atoms with Crippen LogP contribution in [-0.4, -0.2) is 29.8 Å². The third kappa shape index (κ3) is 4.07. The van der Waals surface area contributed by atoms with Crippen molar-refractivity contribution in [3.8, 4) is 11.5 Å². The summed E-state index contributed by atoms with van der Waals surface area (Å²) in [6.07, 6.45) is 0.263. The fourth-order valence-electron chi connectivity index (χ4n) is 2.46. The molecule has 0 spiro atoms. The molecule has 0 bridgehead atoms. The number of hydrogen-bond donors (Lipinski definition) is 3. The van der Waals surface area contributed by atoms with E-state index in [1.54, 1.807) is 18.2 Å². The van der Waals surface area contributed by atoms with Crippen molar-refractivity contribution in [3.05, 3.63) is 59.2 Å². The molecule has 2 aromatic carbocycles. The fraction of sp³-hybridized carbons (Fsp3) is 0.222. The van der Waals surface area contributed by atoms with Gasteiger partial charge in [0.2, 0.25) is 6.79 Å². The van der Waals surface area contributed by atoms with Crippen molar-refractivity contribution >= 4 is 11.9 Å². The second kappa shape index (κ2) is 7.23. The number of nitrogens with one attached hydrogen (secondary N) is 1. The quantitative estimate of drug-likeness (QED) is 0.730. The Morgan fingerprint density at radius 2 is 1.76 bits per heavy atom. The summed E-state index contributed by atoms with van der Waals surface area (Å²) in [6, 6.07) is 11.4. The van der Waals surface area contributed by atoms with Gasteiger partial charge in [-0.15, -0.1) is 0 Å². The molecule has 0 saturated heterocycles. The second-order valence-electron chi connectivity index (χ2n) is 5.72. The Morgan fingerprint density at radius 1 is 1.08 bits per heavy atom.